The number of carbonyl (C=O) groups excluding carboxylic acids is 3. The van der Waals surface area contributed by atoms with Gasteiger partial charge in [-0.1, -0.05) is 30.3 Å². The minimum Gasteiger partial charge on any atom is -0.480 e. The molecule has 2 rings (SSSR count). The predicted octanol–water partition coefficient (Wildman–Crippen LogP) is -1.16. The van der Waals surface area contributed by atoms with Crippen LogP contribution in [0.25, 0.3) is 0 Å². The largest absolute Gasteiger partial charge is 0.480 e. The molecule has 0 aliphatic rings. The molecule has 1 aromatic heterocycles. The van der Waals surface area contributed by atoms with Gasteiger partial charge in [-0.05, 0) is 12.0 Å². The lowest BCUT2D eigenvalue weighted by molar-refractivity contribution is -0.142. The molecular formula is C20H26N6O5. The Labute approximate surface area is 178 Å². The van der Waals surface area contributed by atoms with Gasteiger partial charge in [0.1, 0.15) is 12.1 Å². The average molecular weight is 430 g/mol. The number of aliphatic carboxylic acids is 1. The van der Waals surface area contributed by atoms with E-state index in [0.717, 1.165) is 5.56 Å². The van der Waals surface area contributed by atoms with Crippen LogP contribution in [-0.2, 0) is 32.0 Å². The third-order valence-corrected chi connectivity index (χ3v) is 4.54. The van der Waals surface area contributed by atoms with Crippen molar-refractivity contribution in [2.75, 3.05) is 0 Å². The summed E-state index contributed by atoms with van der Waals surface area (Å²) in [4.78, 5) is 54.5. The smallest absolute Gasteiger partial charge is 0.326 e. The molecule has 1 aromatic carbocycles. The number of carboxylic acids is 1. The second kappa shape index (κ2) is 11.5. The summed E-state index contributed by atoms with van der Waals surface area (Å²) in [5, 5.41) is 14.3. The molecule has 0 bridgehead atoms. The fourth-order valence-electron chi connectivity index (χ4n) is 2.88. The van der Waals surface area contributed by atoms with Gasteiger partial charge in [0.2, 0.25) is 17.7 Å². The van der Waals surface area contributed by atoms with Crippen LogP contribution < -0.4 is 22.1 Å². The molecule has 2 aromatic rings. The van der Waals surface area contributed by atoms with Gasteiger partial charge < -0.3 is 32.2 Å². The number of carboxylic acid groups (broad SMARTS) is 1. The summed E-state index contributed by atoms with van der Waals surface area (Å²) in [5.74, 6) is -3.27. The molecule has 0 aliphatic heterocycles. The lowest BCUT2D eigenvalue weighted by atomic mass is 10.0. The van der Waals surface area contributed by atoms with Gasteiger partial charge in [0.25, 0.3) is 0 Å². The summed E-state index contributed by atoms with van der Waals surface area (Å²) < 4.78 is 0. The maximum Gasteiger partial charge on any atom is 0.326 e. The maximum absolute atomic E-state index is 12.8. The SMILES string of the molecule is NC(=O)CC[C@H](NC(=O)[C@H](Cc1ccccc1)NC(=O)[C@@H](N)Cc1cnc[nH]1)C(=O)O. The maximum atomic E-state index is 12.8. The second-order valence-corrected chi connectivity index (χ2v) is 7.04. The number of imidazole rings is 1. The highest BCUT2D eigenvalue weighted by molar-refractivity contribution is 5.92. The van der Waals surface area contributed by atoms with Gasteiger partial charge in [0.05, 0.1) is 12.4 Å². The highest BCUT2D eigenvalue weighted by atomic mass is 16.4. The van der Waals surface area contributed by atoms with Gasteiger partial charge in [-0.25, -0.2) is 9.78 Å². The molecule has 0 aliphatic carbocycles. The van der Waals surface area contributed by atoms with Crippen LogP contribution in [0.2, 0.25) is 0 Å². The zero-order valence-electron chi connectivity index (χ0n) is 16.8. The molecule has 0 spiro atoms. The molecule has 0 radical (unpaired) electrons. The number of carbonyl (C=O) groups is 4. The number of rotatable bonds is 12. The number of H-pyrrole nitrogens is 1. The fourth-order valence-corrected chi connectivity index (χ4v) is 2.88. The van der Waals surface area contributed by atoms with Crippen LogP contribution in [-0.4, -0.2) is 56.9 Å². The Morgan fingerprint density at radius 2 is 1.71 bits per heavy atom. The summed E-state index contributed by atoms with van der Waals surface area (Å²) >= 11 is 0. The number of nitrogens with one attached hydrogen (secondary N) is 3. The molecule has 3 amide bonds. The summed E-state index contributed by atoms with van der Waals surface area (Å²) in [6.07, 6.45) is 2.93. The van der Waals surface area contributed by atoms with E-state index in [0.29, 0.717) is 5.69 Å². The zero-order valence-corrected chi connectivity index (χ0v) is 16.8. The number of aromatic nitrogens is 2. The Kier molecular flexibility index (Phi) is 8.70. The van der Waals surface area contributed by atoms with Crippen molar-refractivity contribution in [1.29, 1.82) is 0 Å². The monoisotopic (exact) mass is 430 g/mol. The van der Waals surface area contributed by atoms with Gasteiger partial charge in [0.15, 0.2) is 0 Å². The van der Waals surface area contributed by atoms with Gasteiger partial charge in [-0.2, -0.15) is 0 Å². The van der Waals surface area contributed by atoms with E-state index < -0.39 is 41.8 Å². The number of nitrogens with zero attached hydrogens (tertiary/aromatic N) is 1. The van der Waals surface area contributed by atoms with Crippen molar-refractivity contribution in [3.05, 3.63) is 54.1 Å². The van der Waals surface area contributed by atoms with Crippen LogP contribution in [0.5, 0.6) is 0 Å². The zero-order chi connectivity index (χ0) is 22.8. The number of amides is 3. The number of benzene rings is 1. The van der Waals surface area contributed by atoms with Crippen LogP contribution in [0.15, 0.2) is 42.9 Å². The predicted molar refractivity (Wildman–Crippen MR) is 110 cm³/mol. The van der Waals surface area contributed by atoms with Crippen LogP contribution in [0.3, 0.4) is 0 Å². The van der Waals surface area contributed by atoms with Crippen molar-refractivity contribution in [2.45, 2.75) is 43.8 Å². The molecule has 3 atom stereocenters. The van der Waals surface area contributed by atoms with Crippen LogP contribution in [0.4, 0.5) is 0 Å². The lowest BCUT2D eigenvalue weighted by Crippen LogP contribution is -2.55. The normalized spacial score (nSPS) is 13.6. The van der Waals surface area contributed by atoms with Crippen LogP contribution in [0.1, 0.15) is 24.1 Å². The summed E-state index contributed by atoms with van der Waals surface area (Å²) in [7, 11) is 0. The average Bonchev–Trinajstić information content (AvgIpc) is 3.23. The Balaban J connectivity index is 2.10. The summed E-state index contributed by atoms with van der Waals surface area (Å²) in [6, 6.07) is 5.58. The fraction of sp³-hybridized carbons (Fsp3) is 0.350. The van der Waals surface area contributed by atoms with Crippen molar-refractivity contribution in [3.63, 3.8) is 0 Å². The first-order valence-electron chi connectivity index (χ1n) is 9.65. The quantitative estimate of drug-likeness (QED) is 0.244. The summed E-state index contributed by atoms with van der Waals surface area (Å²) in [5.41, 5.74) is 12.4. The number of aromatic amines is 1. The first-order chi connectivity index (χ1) is 14.8. The van der Waals surface area contributed by atoms with Crippen molar-refractivity contribution in [3.8, 4) is 0 Å². The molecule has 11 nitrogen and oxygen atoms in total. The van der Waals surface area contributed by atoms with E-state index >= 15 is 0 Å². The molecule has 8 N–H and O–H groups in total. The number of nitrogens with two attached hydrogens (primary N) is 2. The van der Waals surface area contributed by atoms with Gasteiger partial charge in [-0.15, -0.1) is 0 Å². The van der Waals surface area contributed by atoms with E-state index in [9.17, 15) is 24.3 Å². The molecule has 0 unspecified atom stereocenters. The third kappa shape index (κ3) is 7.90. The number of primary amides is 1. The highest BCUT2D eigenvalue weighted by Gasteiger charge is 2.28. The van der Waals surface area contributed by atoms with Crippen molar-refractivity contribution < 1.29 is 24.3 Å². The topological polar surface area (TPSA) is 193 Å². The molecule has 31 heavy (non-hydrogen) atoms. The molecule has 0 saturated carbocycles. The molecule has 0 fully saturated rings. The minimum atomic E-state index is -1.33. The molecule has 166 valence electrons. The van der Waals surface area contributed by atoms with E-state index in [-0.39, 0.29) is 25.7 Å². The Morgan fingerprint density at radius 1 is 1.03 bits per heavy atom. The molecule has 11 heteroatoms. The van der Waals surface area contributed by atoms with Crippen molar-refractivity contribution >= 4 is 23.7 Å². The van der Waals surface area contributed by atoms with Gasteiger partial charge >= 0.3 is 5.97 Å². The Bertz CT molecular complexity index is 887. The molecular weight excluding hydrogens is 404 g/mol. The van der Waals surface area contributed by atoms with Crippen LogP contribution >= 0.6 is 0 Å². The third-order valence-electron chi connectivity index (χ3n) is 4.54. The number of hydrogen-bond donors (Lipinski definition) is 6. The first-order valence-corrected chi connectivity index (χ1v) is 9.65. The summed E-state index contributed by atoms with van der Waals surface area (Å²) in [6.45, 7) is 0. The Hall–Kier alpha value is -3.73. The molecule has 0 saturated heterocycles. The Morgan fingerprint density at radius 3 is 2.29 bits per heavy atom. The minimum absolute atomic E-state index is 0.122. The van der Waals surface area contributed by atoms with Gasteiger partial charge in [-0.3, -0.25) is 14.4 Å². The second-order valence-electron chi connectivity index (χ2n) is 7.04. The van der Waals surface area contributed by atoms with Crippen molar-refractivity contribution in [1.82, 2.24) is 20.6 Å². The van der Waals surface area contributed by atoms with E-state index in [1.54, 1.807) is 24.3 Å². The highest BCUT2D eigenvalue weighted by Crippen LogP contribution is 2.06. The van der Waals surface area contributed by atoms with E-state index in [1.807, 2.05) is 6.07 Å². The lowest BCUT2D eigenvalue weighted by Gasteiger charge is -2.23. The van der Waals surface area contributed by atoms with E-state index in [2.05, 4.69) is 20.6 Å². The van der Waals surface area contributed by atoms with E-state index in [1.165, 1.54) is 12.5 Å². The molecule has 1 heterocycles. The van der Waals surface area contributed by atoms with Crippen molar-refractivity contribution in [2.24, 2.45) is 11.5 Å². The van der Waals surface area contributed by atoms with E-state index in [4.69, 9.17) is 11.5 Å². The number of hydrogen-bond acceptors (Lipinski definition) is 6. The van der Waals surface area contributed by atoms with Crippen LogP contribution in [0, 0.1) is 0 Å². The standard InChI is InChI=1S/C20H26N6O5/c21-14(9-13-10-23-11-24-13)18(28)26-16(8-12-4-2-1-3-5-12)19(29)25-15(20(30)31)6-7-17(22)27/h1-5,10-11,14-16H,6-9,21H2,(H2,22,27)(H,23,24)(H,25,29)(H,26,28)(H,30,31)/t14-,15-,16-/m0/s1. The first kappa shape index (κ1) is 23.5. The van der Waals surface area contributed by atoms with Gasteiger partial charge in [0, 0.05) is 31.2 Å².